The van der Waals surface area contributed by atoms with Crippen molar-refractivity contribution >= 4 is 33.7 Å². The number of benzene rings is 3. The van der Waals surface area contributed by atoms with Gasteiger partial charge in [-0.3, -0.25) is 4.79 Å². The van der Waals surface area contributed by atoms with Gasteiger partial charge in [0.2, 0.25) is 0 Å². The van der Waals surface area contributed by atoms with Crippen LogP contribution in [0.4, 0.5) is 10.5 Å². The van der Waals surface area contributed by atoms with Crippen LogP contribution < -0.4 is 15.5 Å². The van der Waals surface area contributed by atoms with E-state index in [1.54, 1.807) is 32.0 Å². The fourth-order valence-electron chi connectivity index (χ4n) is 4.10. The Balaban J connectivity index is 1.76. The molecule has 1 amide bonds. The Hall–Kier alpha value is -3.91. The topological polar surface area (TPSA) is 97.6 Å². The van der Waals surface area contributed by atoms with E-state index in [1.165, 1.54) is 0 Å². The number of carbonyl (C=O) groups is 1. The monoisotopic (exact) mass is 504 g/mol. The number of rotatable bonds is 7. The van der Waals surface area contributed by atoms with Gasteiger partial charge < -0.3 is 14.5 Å². The van der Waals surface area contributed by atoms with E-state index in [9.17, 15) is 13.8 Å². The second-order valence-electron chi connectivity index (χ2n) is 8.44. The lowest BCUT2D eigenvalue weighted by Gasteiger charge is -2.20. The molecule has 0 aliphatic carbocycles. The number of amides is 1. The maximum absolute atomic E-state index is 13.3. The SMILES string of the molecule is CCOC(=O)NS(=O)c1ccccc1NC(C)c1cc(C)cc2c(=O)c(C)c(-c3ccccc3)oc12. The van der Waals surface area contributed by atoms with Gasteiger partial charge in [0.05, 0.1) is 28.6 Å². The Bertz CT molecular complexity index is 1500. The third-order valence-electron chi connectivity index (χ3n) is 5.80. The Labute approximate surface area is 212 Å². The van der Waals surface area contributed by atoms with E-state index >= 15 is 0 Å². The highest BCUT2D eigenvalue weighted by atomic mass is 32.2. The van der Waals surface area contributed by atoms with Gasteiger partial charge >= 0.3 is 6.09 Å². The molecule has 1 aromatic heterocycles. The molecule has 2 atom stereocenters. The molecule has 2 N–H and O–H groups in total. The van der Waals surface area contributed by atoms with Crippen LogP contribution >= 0.6 is 0 Å². The summed E-state index contributed by atoms with van der Waals surface area (Å²) in [6.07, 6.45) is -0.756. The van der Waals surface area contributed by atoms with Crippen molar-refractivity contribution < 1.29 is 18.2 Å². The zero-order valence-electron chi connectivity index (χ0n) is 20.6. The van der Waals surface area contributed by atoms with Crippen molar-refractivity contribution in [3.63, 3.8) is 0 Å². The first kappa shape index (κ1) is 25.2. The highest BCUT2D eigenvalue weighted by Crippen LogP contribution is 2.33. The quantitative estimate of drug-likeness (QED) is 0.319. The van der Waals surface area contributed by atoms with Crippen molar-refractivity contribution in [2.24, 2.45) is 0 Å². The van der Waals surface area contributed by atoms with E-state index in [-0.39, 0.29) is 18.1 Å². The number of ether oxygens (including phenoxy) is 1. The molecule has 0 bridgehead atoms. The molecule has 4 rings (SSSR count). The van der Waals surface area contributed by atoms with Crippen LogP contribution in [0.3, 0.4) is 0 Å². The predicted octanol–water partition coefficient (Wildman–Crippen LogP) is 6.02. The van der Waals surface area contributed by atoms with E-state index in [1.807, 2.05) is 62.4 Å². The summed E-state index contributed by atoms with van der Waals surface area (Å²) in [5.41, 5.74) is 4.09. The normalized spacial score (nSPS) is 12.7. The molecule has 7 nitrogen and oxygen atoms in total. The van der Waals surface area contributed by atoms with Crippen LogP contribution in [-0.2, 0) is 15.7 Å². The van der Waals surface area contributed by atoms with Crippen LogP contribution in [0.15, 0.2) is 80.8 Å². The van der Waals surface area contributed by atoms with Gasteiger partial charge in [0, 0.05) is 16.7 Å². The maximum atomic E-state index is 13.3. The molecular formula is C28H28N2O5S. The number of fused-ring (bicyclic) bond motifs is 1. The van der Waals surface area contributed by atoms with Gasteiger partial charge in [0.25, 0.3) is 0 Å². The summed E-state index contributed by atoms with van der Waals surface area (Å²) in [4.78, 5) is 25.5. The van der Waals surface area contributed by atoms with Crippen LogP contribution in [0.2, 0.25) is 0 Å². The number of anilines is 1. The molecule has 1 heterocycles. The lowest BCUT2D eigenvalue weighted by molar-refractivity contribution is 0.159. The van der Waals surface area contributed by atoms with Crippen LogP contribution in [-0.4, -0.2) is 16.9 Å². The van der Waals surface area contributed by atoms with E-state index in [2.05, 4.69) is 10.0 Å². The summed E-state index contributed by atoms with van der Waals surface area (Å²) < 4.78 is 26.4. The first-order valence-electron chi connectivity index (χ1n) is 11.6. The summed E-state index contributed by atoms with van der Waals surface area (Å²) in [7, 11) is -1.83. The summed E-state index contributed by atoms with van der Waals surface area (Å²) in [6, 6.07) is 20.0. The van der Waals surface area contributed by atoms with E-state index in [4.69, 9.17) is 9.15 Å². The maximum Gasteiger partial charge on any atom is 0.419 e. The zero-order valence-corrected chi connectivity index (χ0v) is 21.4. The average molecular weight is 505 g/mol. The van der Waals surface area contributed by atoms with E-state index in [0.717, 1.165) is 16.7 Å². The molecule has 3 aromatic carbocycles. The van der Waals surface area contributed by atoms with Crippen molar-refractivity contribution in [1.29, 1.82) is 0 Å². The summed E-state index contributed by atoms with van der Waals surface area (Å²) >= 11 is 0. The van der Waals surface area contributed by atoms with Crippen molar-refractivity contribution in [2.45, 2.75) is 38.6 Å². The minimum absolute atomic E-state index is 0.0765. The molecule has 0 aliphatic heterocycles. The van der Waals surface area contributed by atoms with Gasteiger partial charge in [-0.15, -0.1) is 0 Å². The Morgan fingerprint density at radius 3 is 2.47 bits per heavy atom. The van der Waals surface area contributed by atoms with Crippen molar-refractivity contribution in [3.05, 3.63) is 93.6 Å². The summed E-state index contributed by atoms with van der Waals surface area (Å²) in [5, 5.41) is 3.89. The van der Waals surface area contributed by atoms with Crippen LogP contribution in [0.5, 0.6) is 0 Å². The van der Waals surface area contributed by atoms with Crippen molar-refractivity contribution in [1.82, 2.24) is 4.72 Å². The van der Waals surface area contributed by atoms with Gasteiger partial charge in [-0.2, -0.15) is 0 Å². The number of carbonyl (C=O) groups excluding carboxylic acids is 1. The van der Waals surface area contributed by atoms with Crippen molar-refractivity contribution in [3.8, 4) is 11.3 Å². The van der Waals surface area contributed by atoms with Gasteiger partial charge in [-0.05, 0) is 51.5 Å². The van der Waals surface area contributed by atoms with Crippen molar-refractivity contribution in [2.75, 3.05) is 11.9 Å². The Morgan fingerprint density at radius 1 is 1.06 bits per heavy atom. The molecular weight excluding hydrogens is 476 g/mol. The largest absolute Gasteiger partial charge is 0.455 e. The van der Waals surface area contributed by atoms with E-state index < -0.39 is 17.1 Å². The molecule has 8 heteroatoms. The minimum atomic E-state index is -1.83. The average Bonchev–Trinajstić information content (AvgIpc) is 2.87. The molecule has 2 unspecified atom stereocenters. The first-order valence-corrected chi connectivity index (χ1v) is 12.8. The molecule has 0 fully saturated rings. The second-order valence-corrected chi connectivity index (χ2v) is 9.62. The molecule has 186 valence electrons. The number of aryl methyl sites for hydroxylation is 1. The van der Waals surface area contributed by atoms with Gasteiger partial charge in [0.15, 0.2) is 16.4 Å². The van der Waals surface area contributed by atoms with Gasteiger partial charge in [0.1, 0.15) is 11.3 Å². The highest BCUT2D eigenvalue weighted by Gasteiger charge is 2.20. The molecule has 4 aromatic rings. The van der Waals surface area contributed by atoms with E-state index in [0.29, 0.717) is 32.9 Å². The number of hydrogen-bond donors (Lipinski definition) is 2. The number of hydrogen-bond acceptors (Lipinski definition) is 6. The molecule has 0 spiro atoms. The number of para-hydroxylation sites is 1. The standard InChI is InChI=1S/C28H28N2O5S/c1-5-34-28(32)30-36(33)24-14-10-9-13-23(24)29-19(4)21-15-17(2)16-22-25(31)18(3)26(35-27(21)22)20-11-7-6-8-12-20/h6-16,19,29H,5H2,1-4H3,(H,30,32). The summed E-state index contributed by atoms with van der Waals surface area (Å²) in [6.45, 7) is 7.50. The zero-order chi connectivity index (χ0) is 25.8. The predicted molar refractivity (Wildman–Crippen MR) is 142 cm³/mol. The molecule has 0 radical (unpaired) electrons. The molecule has 0 aliphatic rings. The minimum Gasteiger partial charge on any atom is -0.455 e. The van der Waals surface area contributed by atoms with Crippen LogP contribution in [0, 0.1) is 13.8 Å². The fraction of sp³-hybridized carbons (Fsp3) is 0.214. The third-order valence-corrected chi connectivity index (χ3v) is 6.91. The fourth-order valence-corrected chi connectivity index (χ4v) is 4.95. The van der Waals surface area contributed by atoms with Crippen LogP contribution in [0.1, 0.15) is 36.6 Å². The molecule has 36 heavy (non-hydrogen) atoms. The highest BCUT2D eigenvalue weighted by molar-refractivity contribution is 7.83. The van der Waals surface area contributed by atoms with Crippen LogP contribution in [0.25, 0.3) is 22.3 Å². The lowest BCUT2D eigenvalue weighted by Crippen LogP contribution is -2.27. The third kappa shape index (κ3) is 5.18. The Morgan fingerprint density at radius 2 is 1.75 bits per heavy atom. The second kappa shape index (κ2) is 10.8. The smallest absolute Gasteiger partial charge is 0.419 e. The molecule has 0 saturated heterocycles. The Kier molecular flexibility index (Phi) is 7.55. The first-order chi connectivity index (χ1) is 17.3. The van der Waals surface area contributed by atoms with Gasteiger partial charge in [-0.1, -0.05) is 48.5 Å². The molecule has 0 saturated carbocycles. The number of nitrogens with one attached hydrogen (secondary N) is 2. The lowest BCUT2D eigenvalue weighted by atomic mass is 9.99. The van der Waals surface area contributed by atoms with Gasteiger partial charge in [-0.25, -0.2) is 13.7 Å². The summed E-state index contributed by atoms with van der Waals surface area (Å²) in [5.74, 6) is 0.533.